The van der Waals surface area contributed by atoms with E-state index in [1.807, 2.05) is 32.0 Å². The number of halogens is 4. The highest BCUT2D eigenvalue weighted by molar-refractivity contribution is 6.30. The predicted molar refractivity (Wildman–Crippen MR) is 79.6 cm³/mol. The Hall–Kier alpha value is -1.12. The predicted octanol–water partition coefficient (Wildman–Crippen LogP) is 5.76. The van der Waals surface area contributed by atoms with E-state index in [0.717, 1.165) is 23.3 Å². The number of hydrogen-bond acceptors (Lipinski definition) is 0. The van der Waals surface area contributed by atoms with E-state index in [0.29, 0.717) is 6.42 Å². The first-order chi connectivity index (χ1) is 9.38. The lowest BCUT2D eigenvalue weighted by atomic mass is 10.00. The summed E-state index contributed by atoms with van der Waals surface area (Å²) in [6, 6.07) is 7.97. The molecular formula is C16H14Cl2F2. The van der Waals surface area contributed by atoms with Crippen LogP contribution >= 0.6 is 23.2 Å². The highest BCUT2D eigenvalue weighted by Crippen LogP contribution is 2.30. The van der Waals surface area contributed by atoms with Gasteiger partial charge in [-0.2, -0.15) is 0 Å². The fourth-order valence-electron chi connectivity index (χ4n) is 2.03. The van der Waals surface area contributed by atoms with Crippen molar-refractivity contribution in [2.75, 3.05) is 0 Å². The van der Waals surface area contributed by atoms with Crippen LogP contribution < -0.4 is 0 Å². The summed E-state index contributed by atoms with van der Waals surface area (Å²) in [6.07, 6.45) is 0.431. The summed E-state index contributed by atoms with van der Waals surface area (Å²) in [5, 5.41) is -0.870. The normalized spacial score (nSPS) is 12.5. The Kier molecular flexibility index (Phi) is 4.66. The van der Waals surface area contributed by atoms with Crippen molar-refractivity contribution in [3.63, 3.8) is 0 Å². The molecule has 2 rings (SSSR count). The van der Waals surface area contributed by atoms with E-state index in [9.17, 15) is 8.78 Å². The van der Waals surface area contributed by atoms with Gasteiger partial charge in [-0.1, -0.05) is 29.8 Å². The summed E-state index contributed by atoms with van der Waals surface area (Å²) >= 11 is 11.7. The summed E-state index contributed by atoms with van der Waals surface area (Å²) in [4.78, 5) is 0. The van der Waals surface area contributed by atoms with E-state index in [4.69, 9.17) is 23.2 Å². The molecule has 0 aromatic heterocycles. The van der Waals surface area contributed by atoms with Crippen molar-refractivity contribution in [3.8, 4) is 0 Å². The topological polar surface area (TPSA) is 0 Å². The minimum atomic E-state index is -0.659. The third-order valence-corrected chi connectivity index (χ3v) is 4.04. The van der Waals surface area contributed by atoms with Crippen molar-refractivity contribution >= 4 is 23.2 Å². The van der Waals surface area contributed by atoms with Crippen LogP contribution in [0.25, 0.3) is 0 Å². The maximum atomic E-state index is 13.8. The highest BCUT2D eigenvalue weighted by Gasteiger charge is 2.17. The molecule has 0 bridgehead atoms. The Balaban J connectivity index is 2.25. The van der Waals surface area contributed by atoms with E-state index in [1.54, 1.807) is 0 Å². The molecule has 0 heterocycles. The van der Waals surface area contributed by atoms with Crippen LogP contribution in [0, 0.1) is 25.5 Å². The average molecular weight is 315 g/mol. The first-order valence-corrected chi connectivity index (χ1v) is 7.04. The van der Waals surface area contributed by atoms with Crippen LogP contribution in [0.4, 0.5) is 8.78 Å². The molecule has 0 nitrogen and oxygen atoms in total. The molecule has 0 spiro atoms. The molecule has 106 valence electrons. The minimum Gasteiger partial charge on any atom is -0.207 e. The Labute approximate surface area is 127 Å². The van der Waals surface area contributed by atoms with Crippen molar-refractivity contribution in [1.29, 1.82) is 0 Å². The van der Waals surface area contributed by atoms with Crippen LogP contribution in [0.2, 0.25) is 5.02 Å². The molecule has 2 aromatic carbocycles. The summed E-state index contributed by atoms with van der Waals surface area (Å²) in [7, 11) is 0. The molecule has 0 amide bonds. The molecule has 1 atom stereocenters. The summed E-state index contributed by atoms with van der Waals surface area (Å²) in [5.41, 5.74) is 3.45. The van der Waals surface area contributed by atoms with Crippen LogP contribution in [-0.4, -0.2) is 0 Å². The molecule has 0 aliphatic carbocycles. The molecule has 20 heavy (non-hydrogen) atoms. The molecular weight excluding hydrogens is 301 g/mol. The number of benzene rings is 2. The Morgan fingerprint density at radius 3 is 2.35 bits per heavy atom. The lowest BCUT2D eigenvalue weighted by Gasteiger charge is -2.13. The average Bonchev–Trinajstić information content (AvgIpc) is 2.38. The Bertz CT molecular complexity index is 639. The molecule has 4 heteroatoms. The van der Waals surface area contributed by atoms with Gasteiger partial charge >= 0.3 is 0 Å². The van der Waals surface area contributed by atoms with Crippen LogP contribution in [0.1, 0.15) is 27.6 Å². The van der Waals surface area contributed by atoms with Crippen LogP contribution in [0.15, 0.2) is 30.3 Å². The summed E-state index contributed by atoms with van der Waals surface area (Å²) in [6.45, 7) is 4.02. The highest BCUT2D eigenvalue weighted by atomic mass is 35.5. The van der Waals surface area contributed by atoms with E-state index >= 15 is 0 Å². The van der Waals surface area contributed by atoms with Gasteiger partial charge in [0, 0.05) is 5.56 Å². The van der Waals surface area contributed by atoms with Gasteiger partial charge in [-0.15, -0.1) is 11.6 Å². The van der Waals surface area contributed by atoms with Gasteiger partial charge in [-0.25, -0.2) is 8.78 Å². The van der Waals surface area contributed by atoms with Crippen molar-refractivity contribution in [2.45, 2.75) is 25.6 Å². The Morgan fingerprint density at radius 2 is 1.70 bits per heavy atom. The van der Waals surface area contributed by atoms with Crippen molar-refractivity contribution in [1.82, 2.24) is 0 Å². The van der Waals surface area contributed by atoms with Crippen molar-refractivity contribution in [3.05, 3.63) is 69.2 Å². The zero-order valence-electron chi connectivity index (χ0n) is 11.2. The smallest absolute Gasteiger partial charge is 0.142 e. The van der Waals surface area contributed by atoms with Gasteiger partial charge in [0.2, 0.25) is 0 Å². The first-order valence-electron chi connectivity index (χ1n) is 6.23. The maximum absolute atomic E-state index is 13.8. The van der Waals surface area contributed by atoms with E-state index in [2.05, 4.69) is 0 Å². The van der Waals surface area contributed by atoms with Gasteiger partial charge in [0.15, 0.2) is 0 Å². The fraction of sp³-hybridized carbons (Fsp3) is 0.250. The standard InChI is InChI=1S/C16H14Cl2F2/c1-9-3-4-11(5-10(9)2)6-13(17)12-7-16(20)14(18)8-15(12)19/h3-5,7-8,13H,6H2,1-2H3. The lowest BCUT2D eigenvalue weighted by molar-refractivity contribution is 0.582. The van der Waals surface area contributed by atoms with E-state index in [1.165, 1.54) is 5.56 Å². The van der Waals surface area contributed by atoms with Gasteiger partial charge in [0.1, 0.15) is 11.6 Å². The summed E-state index contributed by atoms with van der Waals surface area (Å²) in [5.74, 6) is -1.24. The number of alkyl halides is 1. The molecule has 0 aliphatic rings. The molecule has 0 N–H and O–H groups in total. The molecule has 2 aromatic rings. The van der Waals surface area contributed by atoms with Gasteiger partial charge in [0.05, 0.1) is 10.4 Å². The molecule has 0 saturated heterocycles. The van der Waals surface area contributed by atoms with Crippen molar-refractivity contribution in [2.24, 2.45) is 0 Å². The van der Waals surface area contributed by atoms with Gasteiger partial charge < -0.3 is 0 Å². The maximum Gasteiger partial charge on any atom is 0.142 e. The van der Waals surface area contributed by atoms with Gasteiger partial charge in [-0.05, 0) is 49.1 Å². The Morgan fingerprint density at radius 1 is 1.00 bits per heavy atom. The lowest BCUT2D eigenvalue weighted by Crippen LogP contribution is -2.01. The zero-order chi connectivity index (χ0) is 14.9. The zero-order valence-corrected chi connectivity index (χ0v) is 12.7. The van der Waals surface area contributed by atoms with Gasteiger partial charge in [-0.3, -0.25) is 0 Å². The molecule has 0 fully saturated rings. The van der Waals surface area contributed by atoms with E-state index < -0.39 is 17.0 Å². The third kappa shape index (κ3) is 3.31. The van der Waals surface area contributed by atoms with Crippen LogP contribution in [0.3, 0.4) is 0 Å². The quantitative estimate of drug-likeness (QED) is 0.499. The molecule has 0 saturated carbocycles. The second kappa shape index (κ2) is 6.11. The second-order valence-electron chi connectivity index (χ2n) is 4.88. The number of hydrogen-bond donors (Lipinski definition) is 0. The molecule has 1 unspecified atom stereocenters. The van der Waals surface area contributed by atoms with Crippen molar-refractivity contribution < 1.29 is 8.78 Å². The minimum absolute atomic E-state index is 0.131. The molecule has 0 aliphatic heterocycles. The summed E-state index contributed by atoms with van der Waals surface area (Å²) < 4.78 is 27.2. The second-order valence-corrected chi connectivity index (χ2v) is 5.81. The third-order valence-electron chi connectivity index (χ3n) is 3.36. The van der Waals surface area contributed by atoms with Crippen LogP contribution in [0.5, 0.6) is 0 Å². The van der Waals surface area contributed by atoms with E-state index in [-0.39, 0.29) is 10.6 Å². The number of rotatable bonds is 3. The largest absolute Gasteiger partial charge is 0.207 e. The first kappa shape index (κ1) is 15.3. The fourth-order valence-corrected chi connectivity index (χ4v) is 2.52. The number of aryl methyl sites for hydroxylation is 2. The van der Waals surface area contributed by atoms with Crippen LogP contribution in [-0.2, 0) is 6.42 Å². The molecule has 0 radical (unpaired) electrons. The monoisotopic (exact) mass is 314 g/mol. The van der Waals surface area contributed by atoms with Gasteiger partial charge in [0.25, 0.3) is 0 Å². The SMILES string of the molecule is Cc1ccc(CC(Cl)c2cc(F)c(Cl)cc2F)cc1C.